The van der Waals surface area contributed by atoms with Gasteiger partial charge in [0, 0.05) is 12.1 Å². The van der Waals surface area contributed by atoms with Crippen LogP contribution in [0.15, 0.2) is 36.4 Å². The van der Waals surface area contributed by atoms with Crippen molar-refractivity contribution in [3.63, 3.8) is 0 Å². The van der Waals surface area contributed by atoms with Crippen LogP contribution in [0.2, 0.25) is 0 Å². The molecule has 0 aliphatic carbocycles. The predicted molar refractivity (Wildman–Crippen MR) is 84.9 cm³/mol. The maximum Gasteiger partial charge on any atom is 0.194 e. The summed E-state index contributed by atoms with van der Waals surface area (Å²) in [5.41, 5.74) is 2.39. The summed E-state index contributed by atoms with van der Waals surface area (Å²) in [6.07, 6.45) is 0. The van der Waals surface area contributed by atoms with Gasteiger partial charge in [-0.25, -0.2) is 4.98 Å². The summed E-state index contributed by atoms with van der Waals surface area (Å²) in [6.45, 7) is 2.45. The van der Waals surface area contributed by atoms with E-state index in [-0.39, 0.29) is 5.96 Å². The second-order valence-corrected chi connectivity index (χ2v) is 4.63. The summed E-state index contributed by atoms with van der Waals surface area (Å²) in [5.74, 6) is 1.34. The molecule has 0 atom stereocenters. The maximum atomic E-state index is 8.81. The number of nitriles is 1. The maximum absolute atomic E-state index is 8.81. The van der Waals surface area contributed by atoms with Gasteiger partial charge in [0.1, 0.15) is 23.3 Å². The average molecular weight is 295 g/mol. The number of guanidine groups is 1. The Morgan fingerprint density at radius 1 is 1.32 bits per heavy atom. The van der Waals surface area contributed by atoms with E-state index >= 15 is 0 Å². The SMILES string of the molecule is COc1cccc(C)c1CNC(=N)Nc1cccc(C#N)n1. The van der Waals surface area contributed by atoms with Gasteiger partial charge in [-0.05, 0) is 30.7 Å². The van der Waals surface area contributed by atoms with Gasteiger partial charge in [0.05, 0.1) is 7.11 Å². The Bertz CT molecular complexity index is 721. The summed E-state index contributed by atoms with van der Waals surface area (Å²) in [5, 5.41) is 22.5. The van der Waals surface area contributed by atoms with Gasteiger partial charge in [0.15, 0.2) is 5.96 Å². The Labute approximate surface area is 129 Å². The van der Waals surface area contributed by atoms with E-state index in [1.165, 1.54) is 0 Å². The van der Waals surface area contributed by atoms with E-state index in [0.717, 1.165) is 16.9 Å². The lowest BCUT2D eigenvalue weighted by atomic mass is 10.1. The molecule has 22 heavy (non-hydrogen) atoms. The van der Waals surface area contributed by atoms with Gasteiger partial charge in [-0.2, -0.15) is 5.26 Å². The second kappa shape index (κ2) is 7.09. The van der Waals surface area contributed by atoms with Crippen LogP contribution in [0.3, 0.4) is 0 Å². The van der Waals surface area contributed by atoms with E-state index in [1.807, 2.05) is 31.2 Å². The van der Waals surface area contributed by atoms with Gasteiger partial charge >= 0.3 is 0 Å². The molecule has 112 valence electrons. The standard InChI is InChI=1S/C16H17N5O/c1-11-5-3-7-14(22-2)13(11)10-19-16(18)21-15-8-4-6-12(9-17)20-15/h3-8H,10H2,1-2H3,(H3,18,19,20,21). The molecule has 0 spiro atoms. The fourth-order valence-corrected chi connectivity index (χ4v) is 2.01. The van der Waals surface area contributed by atoms with Crippen molar-refractivity contribution in [3.8, 4) is 11.8 Å². The number of hydrogen-bond acceptors (Lipinski definition) is 4. The van der Waals surface area contributed by atoms with Crippen LogP contribution in [0.1, 0.15) is 16.8 Å². The van der Waals surface area contributed by atoms with Gasteiger partial charge < -0.3 is 15.4 Å². The van der Waals surface area contributed by atoms with Crippen molar-refractivity contribution in [2.24, 2.45) is 0 Å². The first-order chi connectivity index (χ1) is 10.6. The summed E-state index contributed by atoms with van der Waals surface area (Å²) in [7, 11) is 1.62. The van der Waals surface area contributed by atoms with Crippen LogP contribution >= 0.6 is 0 Å². The highest BCUT2D eigenvalue weighted by molar-refractivity contribution is 5.90. The molecule has 0 aliphatic rings. The van der Waals surface area contributed by atoms with Crippen LogP contribution in [-0.2, 0) is 6.54 Å². The number of rotatable bonds is 4. The molecule has 0 fully saturated rings. The summed E-state index contributed by atoms with van der Waals surface area (Å²) < 4.78 is 5.33. The fraction of sp³-hybridized carbons (Fsp3) is 0.188. The minimum atomic E-state index is 0.105. The van der Waals surface area contributed by atoms with Crippen LogP contribution in [0.4, 0.5) is 5.82 Å². The molecular weight excluding hydrogens is 278 g/mol. The monoisotopic (exact) mass is 295 g/mol. The molecule has 0 saturated carbocycles. The van der Waals surface area contributed by atoms with Crippen LogP contribution in [-0.4, -0.2) is 18.1 Å². The quantitative estimate of drug-likeness (QED) is 0.595. The predicted octanol–water partition coefficient (Wildman–Crippen LogP) is 2.41. The molecule has 0 saturated heterocycles. The number of pyridine rings is 1. The third-order valence-electron chi connectivity index (χ3n) is 3.15. The van der Waals surface area contributed by atoms with Gasteiger partial charge in [0.2, 0.25) is 0 Å². The number of benzene rings is 1. The number of methoxy groups -OCH3 is 1. The van der Waals surface area contributed by atoms with Gasteiger partial charge in [-0.15, -0.1) is 0 Å². The highest BCUT2D eigenvalue weighted by atomic mass is 16.5. The van der Waals surface area contributed by atoms with Crippen molar-refractivity contribution >= 4 is 11.8 Å². The van der Waals surface area contributed by atoms with Crippen molar-refractivity contribution in [2.45, 2.75) is 13.5 Å². The van der Waals surface area contributed by atoms with E-state index in [1.54, 1.807) is 25.3 Å². The Morgan fingerprint density at radius 3 is 2.82 bits per heavy atom. The van der Waals surface area contributed by atoms with E-state index in [9.17, 15) is 0 Å². The van der Waals surface area contributed by atoms with Gasteiger partial charge in [0.25, 0.3) is 0 Å². The molecule has 1 heterocycles. The molecule has 3 N–H and O–H groups in total. The van der Waals surface area contributed by atoms with Crippen LogP contribution in [0, 0.1) is 23.7 Å². The number of nitrogens with zero attached hydrogens (tertiary/aromatic N) is 2. The minimum absolute atomic E-state index is 0.105. The topological polar surface area (TPSA) is 93.8 Å². The van der Waals surface area contributed by atoms with E-state index in [2.05, 4.69) is 15.6 Å². The third-order valence-corrected chi connectivity index (χ3v) is 3.15. The first-order valence-electron chi connectivity index (χ1n) is 6.73. The molecule has 1 aromatic heterocycles. The molecule has 6 nitrogen and oxygen atoms in total. The van der Waals surface area contributed by atoms with Crippen LogP contribution < -0.4 is 15.4 Å². The number of aryl methyl sites for hydroxylation is 1. The first-order valence-corrected chi connectivity index (χ1v) is 6.73. The smallest absolute Gasteiger partial charge is 0.194 e. The number of aromatic nitrogens is 1. The number of anilines is 1. The van der Waals surface area contributed by atoms with E-state index < -0.39 is 0 Å². The molecule has 0 bridgehead atoms. The minimum Gasteiger partial charge on any atom is -0.496 e. The fourth-order valence-electron chi connectivity index (χ4n) is 2.01. The zero-order chi connectivity index (χ0) is 15.9. The third kappa shape index (κ3) is 3.73. The van der Waals surface area contributed by atoms with Crippen molar-refractivity contribution in [2.75, 3.05) is 12.4 Å². The number of ether oxygens (including phenoxy) is 1. The Morgan fingerprint density at radius 2 is 2.09 bits per heavy atom. The lowest BCUT2D eigenvalue weighted by Gasteiger charge is -2.14. The zero-order valence-electron chi connectivity index (χ0n) is 12.5. The highest BCUT2D eigenvalue weighted by Crippen LogP contribution is 2.21. The summed E-state index contributed by atoms with van der Waals surface area (Å²) in [6, 6.07) is 12.8. The van der Waals surface area contributed by atoms with Crippen molar-refractivity contribution in [1.29, 1.82) is 10.7 Å². The van der Waals surface area contributed by atoms with Crippen molar-refractivity contribution < 1.29 is 4.74 Å². The lowest BCUT2D eigenvalue weighted by molar-refractivity contribution is 0.408. The number of hydrogen-bond donors (Lipinski definition) is 3. The number of nitrogens with one attached hydrogen (secondary N) is 3. The highest BCUT2D eigenvalue weighted by Gasteiger charge is 2.07. The molecular formula is C16H17N5O. The molecule has 0 aliphatic heterocycles. The molecule has 0 unspecified atom stereocenters. The molecule has 0 radical (unpaired) electrons. The molecule has 2 rings (SSSR count). The molecule has 6 heteroatoms. The van der Waals surface area contributed by atoms with Crippen molar-refractivity contribution in [1.82, 2.24) is 10.3 Å². The van der Waals surface area contributed by atoms with Crippen LogP contribution in [0.5, 0.6) is 5.75 Å². The van der Waals surface area contributed by atoms with Gasteiger partial charge in [-0.3, -0.25) is 5.41 Å². The molecule has 0 amide bonds. The summed E-state index contributed by atoms with van der Waals surface area (Å²) >= 11 is 0. The second-order valence-electron chi connectivity index (χ2n) is 4.63. The Kier molecular flexibility index (Phi) is 4.94. The molecule has 2 aromatic rings. The normalized spacial score (nSPS) is 9.68. The lowest BCUT2D eigenvalue weighted by Crippen LogP contribution is -2.29. The largest absolute Gasteiger partial charge is 0.496 e. The Balaban J connectivity index is 2.00. The Hall–Kier alpha value is -3.07. The van der Waals surface area contributed by atoms with Gasteiger partial charge in [-0.1, -0.05) is 18.2 Å². The average Bonchev–Trinajstić information content (AvgIpc) is 2.53. The van der Waals surface area contributed by atoms with Crippen LogP contribution in [0.25, 0.3) is 0 Å². The van der Waals surface area contributed by atoms with E-state index in [0.29, 0.717) is 18.1 Å². The zero-order valence-corrected chi connectivity index (χ0v) is 12.5. The van der Waals surface area contributed by atoms with E-state index in [4.69, 9.17) is 15.4 Å². The van der Waals surface area contributed by atoms with Crippen molar-refractivity contribution in [3.05, 3.63) is 53.2 Å². The summed E-state index contributed by atoms with van der Waals surface area (Å²) in [4.78, 5) is 4.06. The molecule has 1 aromatic carbocycles. The first kappa shape index (κ1) is 15.3.